The van der Waals surface area contributed by atoms with E-state index >= 15 is 0 Å². The van der Waals surface area contributed by atoms with Crippen molar-refractivity contribution < 1.29 is 4.79 Å². The molecule has 2 rings (SSSR count). The van der Waals surface area contributed by atoms with E-state index in [1.165, 1.54) is 24.0 Å². The number of hydrogen-bond acceptors (Lipinski definition) is 2. The predicted octanol–water partition coefficient (Wildman–Crippen LogP) is 2.43. The number of carbonyl (C=O) groups excluding carboxylic acids is 1. The Morgan fingerprint density at radius 3 is 3.00 bits per heavy atom. The molecule has 0 radical (unpaired) electrons. The molecule has 0 spiro atoms. The summed E-state index contributed by atoms with van der Waals surface area (Å²) in [5, 5.41) is 6.51. The van der Waals surface area contributed by atoms with Crippen molar-refractivity contribution in [3.05, 3.63) is 35.4 Å². The predicted molar refractivity (Wildman–Crippen MR) is 82.7 cm³/mol. The minimum atomic E-state index is 0.165. The van der Waals surface area contributed by atoms with Gasteiger partial charge in [-0.25, -0.2) is 0 Å². The van der Waals surface area contributed by atoms with Gasteiger partial charge in [0.15, 0.2) is 0 Å². The second-order valence-corrected chi connectivity index (χ2v) is 6.36. The van der Waals surface area contributed by atoms with Crippen molar-refractivity contribution in [1.82, 2.24) is 10.6 Å². The summed E-state index contributed by atoms with van der Waals surface area (Å²) in [4.78, 5) is 12.0. The number of aryl methyl sites for hydroxylation is 2. The molecule has 1 heterocycles. The molecular weight excluding hydrogens is 248 g/mol. The molecule has 0 bridgehead atoms. The Labute approximate surface area is 122 Å². The van der Waals surface area contributed by atoms with Gasteiger partial charge in [0.25, 0.3) is 0 Å². The quantitative estimate of drug-likeness (QED) is 0.866. The van der Waals surface area contributed by atoms with Gasteiger partial charge in [-0.2, -0.15) is 0 Å². The molecule has 1 aromatic carbocycles. The maximum atomic E-state index is 12.0. The fourth-order valence-corrected chi connectivity index (χ4v) is 2.80. The minimum Gasteiger partial charge on any atom is -0.355 e. The molecule has 20 heavy (non-hydrogen) atoms. The third-order valence-electron chi connectivity index (χ3n) is 4.12. The van der Waals surface area contributed by atoms with Crippen LogP contribution in [0.25, 0.3) is 0 Å². The highest BCUT2D eigenvalue weighted by Crippen LogP contribution is 2.24. The standard InChI is InChI=1S/C17H26N2O/c1-14-5-3-6-15(11-14)7-8-16(20)19-13-17(2)9-4-10-18-12-17/h3,5-6,11,18H,4,7-10,12-13H2,1-2H3,(H,19,20). The summed E-state index contributed by atoms with van der Waals surface area (Å²) in [6.07, 6.45) is 3.79. The number of carbonyl (C=O) groups is 1. The highest BCUT2D eigenvalue weighted by atomic mass is 16.1. The number of nitrogens with one attached hydrogen (secondary N) is 2. The molecule has 1 unspecified atom stereocenters. The van der Waals surface area contributed by atoms with Crippen LogP contribution in [0.15, 0.2) is 24.3 Å². The van der Waals surface area contributed by atoms with E-state index in [0.29, 0.717) is 6.42 Å². The molecule has 1 amide bonds. The van der Waals surface area contributed by atoms with Gasteiger partial charge in [0.2, 0.25) is 5.91 Å². The fourth-order valence-electron chi connectivity index (χ4n) is 2.80. The third kappa shape index (κ3) is 4.64. The zero-order valence-corrected chi connectivity index (χ0v) is 12.7. The van der Waals surface area contributed by atoms with Crippen molar-refractivity contribution in [2.75, 3.05) is 19.6 Å². The molecule has 110 valence electrons. The summed E-state index contributed by atoms with van der Waals surface area (Å²) in [5.74, 6) is 0.165. The van der Waals surface area contributed by atoms with Crippen molar-refractivity contribution in [2.45, 2.75) is 39.5 Å². The Kier molecular flexibility index (Phi) is 5.18. The molecule has 1 saturated heterocycles. The molecule has 1 fully saturated rings. The van der Waals surface area contributed by atoms with Crippen molar-refractivity contribution in [3.8, 4) is 0 Å². The van der Waals surface area contributed by atoms with Gasteiger partial charge in [0, 0.05) is 19.5 Å². The van der Waals surface area contributed by atoms with Crippen LogP contribution in [0.1, 0.15) is 37.3 Å². The maximum absolute atomic E-state index is 12.0. The summed E-state index contributed by atoms with van der Waals surface area (Å²) >= 11 is 0. The van der Waals surface area contributed by atoms with E-state index in [2.05, 4.69) is 48.7 Å². The topological polar surface area (TPSA) is 41.1 Å². The lowest BCUT2D eigenvalue weighted by Gasteiger charge is -2.34. The Morgan fingerprint density at radius 2 is 2.30 bits per heavy atom. The maximum Gasteiger partial charge on any atom is 0.220 e. The van der Waals surface area contributed by atoms with Gasteiger partial charge in [-0.15, -0.1) is 0 Å². The largest absolute Gasteiger partial charge is 0.355 e. The van der Waals surface area contributed by atoms with Crippen LogP contribution in [0, 0.1) is 12.3 Å². The number of benzene rings is 1. The fraction of sp³-hybridized carbons (Fsp3) is 0.588. The van der Waals surface area contributed by atoms with Crippen LogP contribution in [0.5, 0.6) is 0 Å². The van der Waals surface area contributed by atoms with Gasteiger partial charge in [-0.3, -0.25) is 4.79 Å². The van der Waals surface area contributed by atoms with Crippen LogP contribution in [0.3, 0.4) is 0 Å². The molecule has 1 aliphatic heterocycles. The first-order valence-corrected chi connectivity index (χ1v) is 7.60. The lowest BCUT2D eigenvalue weighted by atomic mass is 9.83. The summed E-state index contributed by atoms with van der Waals surface area (Å²) < 4.78 is 0. The van der Waals surface area contributed by atoms with Gasteiger partial charge >= 0.3 is 0 Å². The van der Waals surface area contributed by atoms with E-state index in [-0.39, 0.29) is 11.3 Å². The molecular formula is C17H26N2O. The van der Waals surface area contributed by atoms with E-state index in [1.54, 1.807) is 0 Å². The van der Waals surface area contributed by atoms with Crippen LogP contribution >= 0.6 is 0 Å². The molecule has 3 nitrogen and oxygen atoms in total. The lowest BCUT2D eigenvalue weighted by molar-refractivity contribution is -0.121. The van der Waals surface area contributed by atoms with Gasteiger partial charge in [-0.05, 0) is 43.7 Å². The highest BCUT2D eigenvalue weighted by molar-refractivity contribution is 5.76. The molecule has 0 aliphatic carbocycles. The molecule has 1 atom stereocenters. The van der Waals surface area contributed by atoms with E-state index in [9.17, 15) is 4.79 Å². The van der Waals surface area contributed by atoms with Crippen molar-refractivity contribution in [2.24, 2.45) is 5.41 Å². The number of rotatable bonds is 5. The van der Waals surface area contributed by atoms with Gasteiger partial charge in [0.1, 0.15) is 0 Å². The first-order chi connectivity index (χ1) is 9.57. The van der Waals surface area contributed by atoms with Crippen LogP contribution in [0.2, 0.25) is 0 Å². The summed E-state index contributed by atoms with van der Waals surface area (Å²) in [6.45, 7) is 7.23. The Morgan fingerprint density at radius 1 is 1.45 bits per heavy atom. The molecule has 1 aliphatic rings. The molecule has 2 N–H and O–H groups in total. The first kappa shape index (κ1) is 15.0. The van der Waals surface area contributed by atoms with Crippen LogP contribution < -0.4 is 10.6 Å². The van der Waals surface area contributed by atoms with Crippen LogP contribution in [0.4, 0.5) is 0 Å². The Hall–Kier alpha value is -1.35. The lowest BCUT2D eigenvalue weighted by Crippen LogP contribution is -2.45. The third-order valence-corrected chi connectivity index (χ3v) is 4.12. The Bertz CT molecular complexity index is 450. The number of amides is 1. The van der Waals surface area contributed by atoms with E-state index in [0.717, 1.165) is 26.1 Å². The zero-order chi connectivity index (χ0) is 14.4. The van der Waals surface area contributed by atoms with Gasteiger partial charge in [0.05, 0.1) is 0 Å². The number of piperidine rings is 1. The number of hydrogen-bond donors (Lipinski definition) is 2. The smallest absolute Gasteiger partial charge is 0.220 e. The van der Waals surface area contributed by atoms with E-state index in [1.807, 2.05) is 0 Å². The monoisotopic (exact) mass is 274 g/mol. The second-order valence-electron chi connectivity index (χ2n) is 6.36. The summed E-state index contributed by atoms with van der Waals surface area (Å²) in [6, 6.07) is 8.38. The van der Waals surface area contributed by atoms with Gasteiger partial charge < -0.3 is 10.6 Å². The van der Waals surface area contributed by atoms with Crippen LogP contribution in [-0.4, -0.2) is 25.5 Å². The van der Waals surface area contributed by atoms with E-state index in [4.69, 9.17) is 0 Å². The van der Waals surface area contributed by atoms with Gasteiger partial charge in [-0.1, -0.05) is 36.8 Å². The molecule has 0 saturated carbocycles. The van der Waals surface area contributed by atoms with Crippen LogP contribution in [-0.2, 0) is 11.2 Å². The zero-order valence-electron chi connectivity index (χ0n) is 12.7. The van der Waals surface area contributed by atoms with Crippen molar-refractivity contribution in [3.63, 3.8) is 0 Å². The van der Waals surface area contributed by atoms with Crippen molar-refractivity contribution in [1.29, 1.82) is 0 Å². The average molecular weight is 274 g/mol. The summed E-state index contributed by atoms with van der Waals surface area (Å²) in [5.41, 5.74) is 2.71. The van der Waals surface area contributed by atoms with Crippen molar-refractivity contribution >= 4 is 5.91 Å². The SMILES string of the molecule is Cc1cccc(CCC(=O)NCC2(C)CCCNC2)c1. The van der Waals surface area contributed by atoms with E-state index < -0.39 is 0 Å². The second kappa shape index (κ2) is 6.89. The Balaban J connectivity index is 1.72. The average Bonchev–Trinajstić information content (AvgIpc) is 2.44. The molecule has 3 heteroatoms. The highest BCUT2D eigenvalue weighted by Gasteiger charge is 2.26. The normalized spacial score (nSPS) is 22.5. The minimum absolute atomic E-state index is 0.165. The molecule has 1 aromatic rings. The summed E-state index contributed by atoms with van der Waals surface area (Å²) in [7, 11) is 0. The molecule has 0 aromatic heterocycles. The first-order valence-electron chi connectivity index (χ1n) is 7.60.